The van der Waals surface area contributed by atoms with E-state index >= 15 is 0 Å². The molecular formula is C15H26N2O. The maximum absolute atomic E-state index is 5.42. The molecule has 0 saturated carbocycles. The van der Waals surface area contributed by atoms with Crippen LogP contribution in [0, 0.1) is 0 Å². The first-order chi connectivity index (χ1) is 8.54. The Hall–Kier alpha value is -1.09. The Balaban J connectivity index is 2.27. The second-order valence-corrected chi connectivity index (χ2v) is 5.57. The zero-order chi connectivity index (χ0) is 13.4. The molecule has 0 spiro atoms. The Morgan fingerprint density at radius 2 is 2.00 bits per heavy atom. The molecule has 3 heteroatoms. The monoisotopic (exact) mass is 250 g/mol. The number of anilines is 1. The molecule has 0 radical (unpaired) electrons. The standard InChI is InChI=1S/C15H26N2O/c1-5-10-18-11-6-9-16-14-8-7-13(12-17-14)15(2,3)4/h7-8,12H,5-6,9-11H2,1-4H3,(H,16,17). The number of hydrogen-bond acceptors (Lipinski definition) is 3. The van der Waals surface area contributed by atoms with Gasteiger partial charge in [0.1, 0.15) is 5.82 Å². The highest BCUT2D eigenvalue weighted by atomic mass is 16.5. The predicted octanol–water partition coefficient (Wildman–Crippen LogP) is 3.61. The van der Waals surface area contributed by atoms with Crippen molar-refractivity contribution in [1.82, 2.24) is 4.98 Å². The molecule has 3 nitrogen and oxygen atoms in total. The quantitative estimate of drug-likeness (QED) is 0.751. The second-order valence-electron chi connectivity index (χ2n) is 5.57. The maximum atomic E-state index is 5.42. The van der Waals surface area contributed by atoms with Crippen LogP contribution in [0.15, 0.2) is 18.3 Å². The predicted molar refractivity (Wildman–Crippen MR) is 77.2 cm³/mol. The van der Waals surface area contributed by atoms with Gasteiger partial charge in [0.2, 0.25) is 0 Å². The molecule has 0 aliphatic heterocycles. The minimum atomic E-state index is 0.166. The number of hydrogen-bond donors (Lipinski definition) is 1. The lowest BCUT2D eigenvalue weighted by molar-refractivity contribution is 0.134. The van der Waals surface area contributed by atoms with Crippen molar-refractivity contribution in [3.8, 4) is 0 Å². The van der Waals surface area contributed by atoms with Gasteiger partial charge in [0, 0.05) is 26.0 Å². The van der Waals surface area contributed by atoms with Crippen LogP contribution in [0.2, 0.25) is 0 Å². The van der Waals surface area contributed by atoms with E-state index in [1.54, 1.807) is 0 Å². The van der Waals surface area contributed by atoms with Crippen LogP contribution in [0.25, 0.3) is 0 Å². The van der Waals surface area contributed by atoms with Gasteiger partial charge in [-0.05, 0) is 29.9 Å². The summed E-state index contributed by atoms with van der Waals surface area (Å²) in [4.78, 5) is 4.43. The molecule has 1 rings (SSSR count). The van der Waals surface area contributed by atoms with Crippen molar-refractivity contribution < 1.29 is 4.74 Å². The third kappa shape index (κ3) is 5.50. The zero-order valence-corrected chi connectivity index (χ0v) is 12.1. The van der Waals surface area contributed by atoms with E-state index in [1.165, 1.54) is 5.56 Å². The van der Waals surface area contributed by atoms with Crippen LogP contribution in [0.3, 0.4) is 0 Å². The van der Waals surface area contributed by atoms with E-state index < -0.39 is 0 Å². The summed E-state index contributed by atoms with van der Waals surface area (Å²) in [5.74, 6) is 0.943. The van der Waals surface area contributed by atoms with Crippen molar-refractivity contribution in [2.45, 2.75) is 46.0 Å². The number of rotatable bonds is 7. The molecule has 1 aromatic rings. The van der Waals surface area contributed by atoms with E-state index in [9.17, 15) is 0 Å². The van der Waals surface area contributed by atoms with Crippen molar-refractivity contribution in [2.75, 3.05) is 25.1 Å². The number of ether oxygens (including phenoxy) is 1. The second kappa shape index (κ2) is 7.37. The van der Waals surface area contributed by atoms with Crippen molar-refractivity contribution in [1.29, 1.82) is 0 Å². The fraction of sp³-hybridized carbons (Fsp3) is 0.667. The van der Waals surface area contributed by atoms with Crippen LogP contribution in [-0.2, 0) is 10.2 Å². The molecule has 0 bridgehead atoms. The summed E-state index contributed by atoms with van der Waals surface area (Å²) in [6.45, 7) is 11.3. The fourth-order valence-corrected chi connectivity index (χ4v) is 1.58. The van der Waals surface area contributed by atoms with Crippen molar-refractivity contribution >= 4 is 5.82 Å². The largest absolute Gasteiger partial charge is 0.381 e. The lowest BCUT2D eigenvalue weighted by Gasteiger charge is -2.18. The lowest BCUT2D eigenvalue weighted by Crippen LogP contribution is -2.12. The van der Waals surface area contributed by atoms with E-state index in [1.807, 2.05) is 12.3 Å². The minimum Gasteiger partial charge on any atom is -0.381 e. The van der Waals surface area contributed by atoms with E-state index in [4.69, 9.17) is 4.74 Å². The van der Waals surface area contributed by atoms with Gasteiger partial charge >= 0.3 is 0 Å². The van der Waals surface area contributed by atoms with Crippen molar-refractivity contribution in [3.63, 3.8) is 0 Å². The first-order valence-corrected chi connectivity index (χ1v) is 6.82. The van der Waals surface area contributed by atoms with E-state index in [0.29, 0.717) is 0 Å². The fourth-order valence-electron chi connectivity index (χ4n) is 1.58. The molecule has 18 heavy (non-hydrogen) atoms. The minimum absolute atomic E-state index is 0.166. The highest BCUT2D eigenvalue weighted by Gasteiger charge is 2.13. The molecule has 0 amide bonds. The number of nitrogens with one attached hydrogen (secondary N) is 1. The Bertz CT molecular complexity index is 327. The topological polar surface area (TPSA) is 34.1 Å². The smallest absolute Gasteiger partial charge is 0.125 e. The Kier molecular flexibility index (Phi) is 6.13. The maximum Gasteiger partial charge on any atom is 0.125 e. The van der Waals surface area contributed by atoms with Crippen molar-refractivity contribution in [2.24, 2.45) is 0 Å². The lowest BCUT2D eigenvalue weighted by atomic mass is 9.88. The normalized spacial score (nSPS) is 11.6. The van der Waals surface area contributed by atoms with Crippen LogP contribution in [-0.4, -0.2) is 24.7 Å². The van der Waals surface area contributed by atoms with Crippen LogP contribution in [0.1, 0.15) is 46.1 Å². The molecule has 0 atom stereocenters. The number of nitrogens with zero attached hydrogens (tertiary/aromatic N) is 1. The third-order valence-corrected chi connectivity index (χ3v) is 2.75. The number of aromatic nitrogens is 1. The van der Waals surface area contributed by atoms with Crippen LogP contribution >= 0.6 is 0 Å². The van der Waals surface area contributed by atoms with Gasteiger partial charge in [-0.3, -0.25) is 0 Å². The Morgan fingerprint density at radius 3 is 2.56 bits per heavy atom. The van der Waals surface area contributed by atoms with Gasteiger partial charge in [-0.1, -0.05) is 33.8 Å². The van der Waals surface area contributed by atoms with Gasteiger partial charge < -0.3 is 10.1 Å². The molecule has 0 aliphatic rings. The molecule has 1 N–H and O–H groups in total. The zero-order valence-electron chi connectivity index (χ0n) is 12.1. The Labute approximate surface area is 111 Å². The summed E-state index contributed by atoms with van der Waals surface area (Å²) < 4.78 is 5.42. The van der Waals surface area contributed by atoms with E-state index in [0.717, 1.165) is 38.4 Å². The molecule has 102 valence electrons. The third-order valence-electron chi connectivity index (χ3n) is 2.75. The van der Waals surface area contributed by atoms with Gasteiger partial charge in [0.25, 0.3) is 0 Å². The van der Waals surface area contributed by atoms with Crippen LogP contribution < -0.4 is 5.32 Å². The summed E-state index contributed by atoms with van der Waals surface area (Å²) in [5.41, 5.74) is 1.43. The van der Waals surface area contributed by atoms with Gasteiger partial charge in [0.05, 0.1) is 0 Å². The first kappa shape index (κ1) is 15.0. The molecule has 0 fully saturated rings. The van der Waals surface area contributed by atoms with Gasteiger partial charge in [-0.2, -0.15) is 0 Å². The van der Waals surface area contributed by atoms with Gasteiger partial charge in [-0.15, -0.1) is 0 Å². The van der Waals surface area contributed by atoms with Crippen molar-refractivity contribution in [3.05, 3.63) is 23.9 Å². The summed E-state index contributed by atoms with van der Waals surface area (Å²) >= 11 is 0. The molecular weight excluding hydrogens is 224 g/mol. The first-order valence-electron chi connectivity index (χ1n) is 6.82. The summed E-state index contributed by atoms with van der Waals surface area (Å²) in [6, 6.07) is 4.19. The Morgan fingerprint density at radius 1 is 1.22 bits per heavy atom. The number of pyridine rings is 1. The average Bonchev–Trinajstić information content (AvgIpc) is 2.33. The van der Waals surface area contributed by atoms with Gasteiger partial charge in [-0.25, -0.2) is 4.98 Å². The van der Waals surface area contributed by atoms with E-state index in [-0.39, 0.29) is 5.41 Å². The molecule has 0 aliphatic carbocycles. The average molecular weight is 250 g/mol. The van der Waals surface area contributed by atoms with Gasteiger partial charge in [0.15, 0.2) is 0 Å². The molecule has 1 aromatic heterocycles. The highest BCUT2D eigenvalue weighted by Crippen LogP contribution is 2.21. The summed E-state index contributed by atoms with van der Waals surface area (Å²) in [5, 5.41) is 3.31. The summed E-state index contributed by atoms with van der Waals surface area (Å²) in [6.07, 6.45) is 4.06. The van der Waals surface area contributed by atoms with Crippen LogP contribution in [0.4, 0.5) is 5.82 Å². The molecule has 0 aromatic carbocycles. The highest BCUT2D eigenvalue weighted by molar-refractivity contribution is 5.36. The van der Waals surface area contributed by atoms with Crippen LogP contribution in [0.5, 0.6) is 0 Å². The summed E-state index contributed by atoms with van der Waals surface area (Å²) in [7, 11) is 0. The SMILES string of the molecule is CCCOCCCNc1ccc(C(C)(C)C)cn1. The molecule has 0 saturated heterocycles. The molecule has 0 unspecified atom stereocenters. The molecule has 1 heterocycles. The van der Waals surface area contributed by atoms with E-state index in [2.05, 4.69) is 44.1 Å².